The van der Waals surface area contributed by atoms with Gasteiger partial charge in [-0.2, -0.15) is 0 Å². The molecule has 0 aliphatic heterocycles. The lowest BCUT2D eigenvalue weighted by Gasteiger charge is -2.04. The van der Waals surface area contributed by atoms with Crippen LogP contribution in [0.25, 0.3) is 0 Å². The van der Waals surface area contributed by atoms with Crippen LogP contribution in [0.5, 0.6) is 5.75 Å². The van der Waals surface area contributed by atoms with Crippen LogP contribution in [0.3, 0.4) is 0 Å². The fourth-order valence-electron chi connectivity index (χ4n) is 1.43. The monoisotopic (exact) mass is 234 g/mol. The number of rotatable bonds is 4. The normalized spacial score (nSPS) is 10.4. The highest BCUT2D eigenvalue weighted by molar-refractivity contribution is 7.12. The number of aromatic nitrogens is 1. The minimum absolute atomic E-state index is 0.577. The van der Waals surface area contributed by atoms with Gasteiger partial charge in [-0.25, -0.2) is 0 Å². The van der Waals surface area contributed by atoms with Crippen molar-refractivity contribution in [1.29, 1.82) is 0 Å². The fraction of sp³-hybridized carbons (Fsp3) is 0.250. The number of aryl methyl sites for hydroxylation is 1. The molecule has 0 aromatic carbocycles. The maximum absolute atomic E-state index is 5.63. The first kappa shape index (κ1) is 11.1. The Morgan fingerprint density at radius 1 is 1.50 bits per heavy atom. The Morgan fingerprint density at radius 3 is 3.00 bits per heavy atom. The Kier molecular flexibility index (Phi) is 3.54. The highest BCUT2D eigenvalue weighted by Gasteiger charge is 2.05. The van der Waals surface area contributed by atoms with E-state index in [1.807, 2.05) is 12.1 Å². The molecule has 0 atom stereocenters. The number of hydrogen-bond acceptors (Lipinski definition) is 4. The lowest BCUT2D eigenvalue weighted by Crippen LogP contribution is -1.96. The standard InChI is InChI=1S/C12H14N2OS/c1-9-10(5-12(6-13)16-9)8-15-11-3-2-4-14-7-11/h2-5,7H,6,8,13H2,1H3. The van der Waals surface area contributed by atoms with Gasteiger partial charge in [0.1, 0.15) is 12.4 Å². The minimum atomic E-state index is 0.577. The Hall–Kier alpha value is -1.39. The zero-order chi connectivity index (χ0) is 11.4. The average Bonchev–Trinajstić information content (AvgIpc) is 2.69. The molecule has 0 spiro atoms. The van der Waals surface area contributed by atoms with Crippen LogP contribution >= 0.6 is 11.3 Å². The molecular formula is C12H14N2OS. The second-order valence-electron chi connectivity index (χ2n) is 3.48. The first-order valence-corrected chi connectivity index (χ1v) is 5.92. The molecule has 2 heterocycles. The first-order valence-electron chi connectivity index (χ1n) is 5.10. The highest BCUT2D eigenvalue weighted by Crippen LogP contribution is 2.22. The van der Waals surface area contributed by atoms with E-state index in [2.05, 4.69) is 18.0 Å². The number of pyridine rings is 1. The zero-order valence-electron chi connectivity index (χ0n) is 9.14. The molecule has 0 amide bonds. The van der Waals surface area contributed by atoms with Gasteiger partial charge in [-0.3, -0.25) is 4.98 Å². The van der Waals surface area contributed by atoms with E-state index in [4.69, 9.17) is 10.5 Å². The summed E-state index contributed by atoms with van der Waals surface area (Å²) in [6.07, 6.45) is 3.45. The van der Waals surface area contributed by atoms with Crippen LogP contribution in [0.2, 0.25) is 0 Å². The molecule has 2 aromatic heterocycles. The van der Waals surface area contributed by atoms with E-state index in [1.165, 1.54) is 15.3 Å². The number of nitrogens with two attached hydrogens (primary N) is 1. The van der Waals surface area contributed by atoms with Crippen molar-refractivity contribution in [1.82, 2.24) is 4.98 Å². The molecule has 2 N–H and O–H groups in total. The molecule has 0 aliphatic rings. The number of hydrogen-bond donors (Lipinski definition) is 1. The molecule has 0 saturated carbocycles. The lowest BCUT2D eigenvalue weighted by molar-refractivity contribution is 0.305. The Morgan fingerprint density at radius 2 is 2.38 bits per heavy atom. The van der Waals surface area contributed by atoms with E-state index in [-0.39, 0.29) is 0 Å². The van der Waals surface area contributed by atoms with Crippen molar-refractivity contribution in [3.05, 3.63) is 45.9 Å². The summed E-state index contributed by atoms with van der Waals surface area (Å²) in [5, 5.41) is 0. The van der Waals surface area contributed by atoms with Gasteiger partial charge in [0.05, 0.1) is 6.20 Å². The topological polar surface area (TPSA) is 48.1 Å². The molecule has 2 aromatic rings. The van der Waals surface area contributed by atoms with Gasteiger partial charge in [-0.15, -0.1) is 11.3 Å². The summed E-state index contributed by atoms with van der Waals surface area (Å²) in [5.41, 5.74) is 6.80. The Labute approximate surface area is 98.9 Å². The summed E-state index contributed by atoms with van der Waals surface area (Å²) in [6.45, 7) is 3.26. The third-order valence-electron chi connectivity index (χ3n) is 2.30. The molecule has 0 aliphatic carbocycles. The van der Waals surface area contributed by atoms with E-state index in [0.29, 0.717) is 13.2 Å². The largest absolute Gasteiger partial charge is 0.487 e. The number of thiophene rings is 1. The van der Waals surface area contributed by atoms with Crippen molar-refractivity contribution in [2.24, 2.45) is 5.73 Å². The third kappa shape index (κ3) is 2.59. The van der Waals surface area contributed by atoms with Crippen LogP contribution in [0.15, 0.2) is 30.6 Å². The minimum Gasteiger partial charge on any atom is -0.487 e. The molecule has 4 heteroatoms. The molecule has 3 nitrogen and oxygen atoms in total. The second-order valence-corrected chi connectivity index (χ2v) is 4.82. The summed E-state index contributed by atoms with van der Waals surface area (Å²) in [5.74, 6) is 0.794. The third-order valence-corrected chi connectivity index (χ3v) is 3.42. The van der Waals surface area contributed by atoms with Gasteiger partial charge in [-0.1, -0.05) is 0 Å². The predicted octanol–water partition coefficient (Wildman–Crippen LogP) is 2.49. The lowest BCUT2D eigenvalue weighted by atomic mass is 10.2. The van der Waals surface area contributed by atoms with Gasteiger partial charge < -0.3 is 10.5 Å². The van der Waals surface area contributed by atoms with Crippen molar-refractivity contribution in [2.45, 2.75) is 20.1 Å². The van der Waals surface area contributed by atoms with Crippen LogP contribution in [0.1, 0.15) is 15.3 Å². The van der Waals surface area contributed by atoms with Crippen molar-refractivity contribution in [3.63, 3.8) is 0 Å². The molecule has 0 saturated heterocycles. The molecule has 0 unspecified atom stereocenters. The first-order chi connectivity index (χ1) is 7.79. The number of ether oxygens (including phenoxy) is 1. The van der Waals surface area contributed by atoms with Crippen LogP contribution in [0.4, 0.5) is 0 Å². The van der Waals surface area contributed by atoms with Gasteiger partial charge in [-0.05, 0) is 25.1 Å². The quantitative estimate of drug-likeness (QED) is 0.884. The molecule has 0 radical (unpaired) electrons. The highest BCUT2D eigenvalue weighted by atomic mass is 32.1. The Balaban J connectivity index is 2.02. The van der Waals surface area contributed by atoms with Gasteiger partial charge in [0.25, 0.3) is 0 Å². The Bertz CT molecular complexity index is 453. The van der Waals surface area contributed by atoms with Crippen molar-refractivity contribution >= 4 is 11.3 Å². The van der Waals surface area contributed by atoms with Gasteiger partial charge in [0.2, 0.25) is 0 Å². The summed E-state index contributed by atoms with van der Waals surface area (Å²) in [4.78, 5) is 6.46. The van der Waals surface area contributed by atoms with E-state index >= 15 is 0 Å². The molecule has 2 rings (SSSR count). The maximum atomic E-state index is 5.63. The SMILES string of the molecule is Cc1sc(CN)cc1COc1cccnc1. The summed E-state index contributed by atoms with van der Waals surface area (Å²) in [7, 11) is 0. The van der Waals surface area contributed by atoms with Gasteiger partial charge >= 0.3 is 0 Å². The van der Waals surface area contributed by atoms with Crippen LogP contribution in [-0.2, 0) is 13.2 Å². The van der Waals surface area contributed by atoms with Crippen LogP contribution in [0, 0.1) is 6.92 Å². The van der Waals surface area contributed by atoms with E-state index in [1.54, 1.807) is 23.7 Å². The summed E-state index contributed by atoms with van der Waals surface area (Å²) >= 11 is 1.73. The number of nitrogens with zero attached hydrogens (tertiary/aromatic N) is 1. The molecular weight excluding hydrogens is 220 g/mol. The van der Waals surface area contributed by atoms with E-state index in [0.717, 1.165) is 5.75 Å². The summed E-state index contributed by atoms with van der Waals surface area (Å²) in [6, 6.07) is 5.87. The van der Waals surface area contributed by atoms with E-state index in [9.17, 15) is 0 Å². The smallest absolute Gasteiger partial charge is 0.138 e. The predicted molar refractivity (Wildman–Crippen MR) is 65.5 cm³/mol. The van der Waals surface area contributed by atoms with Crippen LogP contribution < -0.4 is 10.5 Å². The zero-order valence-corrected chi connectivity index (χ0v) is 9.96. The van der Waals surface area contributed by atoms with Gasteiger partial charge in [0, 0.05) is 28.1 Å². The molecule has 16 heavy (non-hydrogen) atoms. The average molecular weight is 234 g/mol. The fourth-order valence-corrected chi connectivity index (χ4v) is 2.35. The van der Waals surface area contributed by atoms with Crippen molar-refractivity contribution in [3.8, 4) is 5.75 Å². The van der Waals surface area contributed by atoms with Crippen LogP contribution in [-0.4, -0.2) is 4.98 Å². The second kappa shape index (κ2) is 5.09. The van der Waals surface area contributed by atoms with Crippen molar-refractivity contribution in [2.75, 3.05) is 0 Å². The van der Waals surface area contributed by atoms with Crippen molar-refractivity contribution < 1.29 is 4.74 Å². The molecule has 84 valence electrons. The molecule has 0 fully saturated rings. The summed E-state index contributed by atoms with van der Waals surface area (Å²) < 4.78 is 5.63. The maximum Gasteiger partial charge on any atom is 0.138 e. The van der Waals surface area contributed by atoms with E-state index < -0.39 is 0 Å². The van der Waals surface area contributed by atoms with Gasteiger partial charge in [0.15, 0.2) is 0 Å². The molecule has 0 bridgehead atoms.